The third-order valence-electron chi connectivity index (χ3n) is 1.54. The van der Waals surface area contributed by atoms with Gasteiger partial charge in [-0.1, -0.05) is 6.92 Å². The minimum Gasteiger partial charge on any atom is -0.399 e. The first-order valence-corrected chi connectivity index (χ1v) is 4.84. The molecule has 13 heavy (non-hydrogen) atoms. The van der Waals surface area contributed by atoms with E-state index in [1.807, 2.05) is 6.92 Å². The lowest BCUT2D eigenvalue weighted by atomic mass is 10.3. The van der Waals surface area contributed by atoms with Gasteiger partial charge in [-0.3, -0.25) is 0 Å². The minimum absolute atomic E-state index is 0.00174. The average Bonchev–Trinajstić information content (AvgIpc) is 2.09. The third kappa shape index (κ3) is 2.90. The molecule has 0 aliphatic carbocycles. The summed E-state index contributed by atoms with van der Waals surface area (Å²) in [5, 5.41) is 8.77. The molecule has 0 saturated heterocycles. The summed E-state index contributed by atoms with van der Waals surface area (Å²) in [5.74, 6) is -0.328. The molecule has 1 rings (SSSR count). The number of anilines is 1. The van der Waals surface area contributed by atoms with Gasteiger partial charge in [-0.05, 0) is 18.2 Å². The highest BCUT2D eigenvalue weighted by Gasteiger charge is 2.07. The van der Waals surface area contributed by atoms with Gasteiger partial charge in [0, 0.05) is 15.8 Å². The molecule has 4 heteroatoms. The lowest BCUT2D eigenvalue weighted by Gasteiger charge is -2.08. The maximum Gasteiger partial charge on any atom is 0.138 e. The second kappa shape index (κ2) is 4.48. The van der Waals surface area contributed by atoms with Gasteiger partial charge in [-0.25, -0.2) is 4.39 Å². The van der Waals surface area contributed by atoms with E-state index in [-0.39, 0.29) is 17.7 Å². The van der Waals surface area contributed by atoms with E-state index in [9.17, 15) is 4.39 Å². The summed E-state index contributed by atoms with van der Waals surface area (Å²) >= 11 is 1.30. The van der Waals surface area contributed by atoms with Crippen molar-refractivity contribution in [2.45, 2.75) is 17.1 Å². The Kier molecular flexibility index (Phi) is 3.57. The first-order chi connectivity index (χ1) is 6.13. The summed E-state index contributed by atoms with van der Waals surface area (Å²) in [6, 6.07) is 4.56. The van der Waals surface area contributed by atoms with E-state index < -0.39 is 0 Å². The van der Waals surface area contributed by atoms with Gasteiger partial charge in [0.05, 0.1) is 6.61 Å². The standard InChI is InChI=1S/C9H12FNOS/c1-6(5-12)13-9-3-2-7(11)4-8(9)10/h2-4,6,12H,5,11H2,1H3. The van der Waals surface area contributed by atoms with Crippen molar-refractivity contribution in [3.05, 3.63) is 24.0 Å². The van der Waals surface area contributed by atoms with E-state index in [1.165, 1.54) is 17.8 Å². The number of aliphatic hydroxyl groups is 1. The zero-order valence-corrected chi connectivity index (χ0v) is 8.14. The number of aliphatic hydroxyl groups excluding tert-OH is 1. The monoisotopic (exact) mass is 201 g/mol. The molecule has 1 unspecified atom stereocenters. The van der Waals surface area contributed by atoms with Crippen LogP contribution in [0.5, 0.6) is 0 Å². The molecule has 0 bridgehead atoms. The predicted molar refractivity (Wildman–Crippen MR) is 53.2 cm³/mol. The molecule has 0 fully saturated rings. The van der Waals surface area contributed by atoms with Gasteiger partial charge in [-0.15, -0.1) is 11.8 Å². The van der Waals surface area contributed by atoms with Crippen LogP contribution in [0.2, 0.25) is 0 Å². The van der Waals surface area contributed by atoms with Crippen LogP contribution in [0.15, 0.2) is 23.1 Å². The number of nitrogens with two attached hydrogens (primary N) is 1. The van der Waals surface area contributed by atoms with Crippen molar-refractivity contribution < 1.29 is 9.50 Å². The average molecular weight is 201 g/mol. The first-order valence-electron chi connectivity index (χ1n) is 3.96. The Labute approximate surface area is 80.9 Å². The summed E-state index contributed by atoms with van der Waals surface area (Å²) < 4.78 is 13.2. The minimum atomic E-state index is -0.328. The third-order valence-corrected chi connectivity index (χ3v) is 2.68. The molecule has 2 nitrogen and oxygen atoms in total. The molecular formula is C9H12FNOS. The van der Waals surface area contributed by atoms with Crippen molar-refractivity contribution in [1.29, 1.82) is 0 Å². The van der Waals surface area contributed by atoms with Crippen LogP contribution in [0.3, 0.4) is 0 Å². The van der Waals surface area contributed by atoms with Gasteiger partial charge >= 0.3 is 0 Å². The Morgan fingerprint density at radius 1 is 1.62 bits per heavy atom. The molecule has 0 aromatic heterocycles. The first kappa shape index (κ1) is 10.3. The molecule has 0 amide bonds. The number of benzene rings is 1. The maximum atomic E-state index is 13.2. The molecule has 0 heterocycles. The van der Waals surface area contributed by atoms with E-state index in [0.29, 0.717) is 10.6 Å². The lowest BCUT2D eigenvalue weighted by molar-refractivity contribution is 0.300. The summed E-state index contributed by atoms with van der Waals surface area (Å²) in [4.78, 5) is 0.524. The molecule has 1 aromatic carbocycles. The second-order valence-corrected chi connectivity index (χ2v) is 4.28. The molecule has 3 N–H and O–H groups in total. The van der Waals surface area contributed by atoms with Gasteiger partial charge in [0.25, 0.3) is 0 Å². The molecule has 1 atom stereocenters. The number of halogens is 1. The zero-order chi connectivity index (χ0) is 9.84. The van der Waals surface area contributed by atoms with Crippen LogP contribution >= 0.6 is 11.8 Å². The molecule has 0 aliphatic heterocycles. The zero-order valence-electron chi connectivity index (χ0n) is 7.33. The number of hydrogen-bond acceptors (Lipinski definition) is 3. The van der Waals surface area contributed by atoms with Crippen LogP contribution in [0.1, 0.15) is 6.92 Å². The molecule has 72 valence electrons. The number of nitrogen functional groups attached to an aromatic ring is 1. The van der Waals surface area contributed by atoms with Gasteiger partial charge in [-0.2, -0.15) is 0 Å². The highest BCUT2D eigenvalue weighted by molar-refractivity contribution is 8.00. The quantitative estimate of drug-likeness (QED) is 0.580. The summed E-state index contributed by atoms with van der Waals surface area (Å²) in [6.45, 7) is 1.87. The Hall–Kier alpha value is -0.740. The fourth-order valence-electron chi connectivity index (χ4n) is 0.867. The van der Waals surface area contributed by atoms with E-state index in [0.717, 1.165) is 0 Å². The van der Waals surface area contributed by atoms with Gasteiger partial charge < -0.3 is 10.8 Å². The molecular weight excluding hydrogens is 189 g/mol. The lowest BCUT2D eigenvalue weighted by Crippen LogP contribution is -2.02. The largest absolute Gasteiger partial charge is 0.399 e. The fourth-order valence-corrected chi connectivity index (χ4v) is 1.69. The van der Waals surface area contributed by atoms with Crippen LogP contribution in [-0.2, 0) is 0 Å². The summed E-state index contributed by atoms with van der Waals surface area (Å²) in [7, 11) is 0. The van der Waals surface area contributed by atoms with E-state index in [1.54, 1.807) is 12.1 Å². The molecule has 0 spiro atoms. The van der Waals surface area contributed by atoms with Crippen LogP contribution in [0.4, 0.5) is 10.1 Å². The van der Waals surface area contributed by atoms with Gasteiger partial charge in [0.1, 0.15) is 5.82 Å². The Bertz CT molecular complexity index is 293. The van der Waals surface area contributed by atoms with Crippen LogP contribution < -0.4 is 5.73 Å². The van der Waals surface area contributed by atoms with Crippen LogP contribution in [0.25, 0.3) is 0 Å². The number of rotatable bonds is 3. The Morgan fingerprint density at radius 3 is 2.85 bits per heavy atom. The van der Waals surface area contributed by atoms with Crippen molar-refractivity contribution in [3.63, 3.8) is 0 Å². The van der Waals surface area contributed by atoms with Crippen molar-refractivity contribution in [3.8, 4) is 0 Å². The molecule has 0 aliphatic rings. The van der Waals surface area contributed by atoms with Crippen molar-refractivity contribution in [1.82, 2.24) is 0 Å². The summed E-state index contributed by atoms with van der Waals surface area (Å²) in [5.41, 5.74) is 5.81. The predicted octanol–water partition coefficient (Wildman–Crippen LogP) is 1.88. The smallest absolute Gasteiger partial charge is 0.138 e. The highest BCUT2D eigenvalue weighted by Crippen LogP contribution is 2.26. The van der Waals surface area contributed by atoms with Gasteiger partial charge in [0.15, 0.2) is 0 Å². The number of thioether (sulfide) groups is 1. The van der Waals surface area contributed by atoms with Crippen LogP contribution in [0, 0.1) is 5.82 Å². The van der Waals surface area contributed by atoms with E-state index >= 15 is 0 Å². The second-order valence-electron chi connectivity index (χ2n) is 2.80. The summed E-state index contributed by atoms with van der Waals surface area (Å²) in [6.07, 6.45) is 0. The molecule has 0 radical (unpaired) electrons. The van der Waals surface area contributed by atoms with E-state index in [4.69, 9.17) is 10.8 Å². The van der Waals surface area contributed by atoms with Crippen LogP contribution in [-0.4, -0.2) is 17.0 Å². The normalized spacial score (nSPS) is 12.8. The van der Waals surface area contributed by atoms with Gasteiger partial charge in [0.2, 0.25) is 0 Å². The maximum absolute atomic E-state index is 13.2. The fraction of sp³-hybridized carbons (Fsp3) is 0.333. The van der Waals surface area contributed by atoms with Crippen molar-refractivity contribution in [2.24, 2.45) is 0 Å². The van der Waals surface area contributed by atoms with E-state index in [2.05, 4.69) is 0 Å². The SMILES string of the molecule is CC(CO)Sc1ccc(N)cc1F. The molecule has 0 saturated carbocycles. The number of hydrogen-bond donors (Lipinski definition) is 2. The molecule has 1 aromatic rings. The Morgan fingerprint density at radius 2 is 2.31 bits per heavy atom. The topological polar surface area (TPSA) is 46.2 Å². The highest BCUT2D eigenvalue weighted by atomic mass is 32.2. The van der Waals surface area contributed by atoms with Crippen molar-refractivity contribution >= 4 is 17.4 Å². The Balaban J connectivity index is 2.77. The van der Waals surface area contributed by atoms with Crippen molar-refractivity contribution in [2.75, 3.05) is 12.3 Å².